The zero-order valence-electron chi connectivity index (χ0n) is 13.0. The molecular weight excluding hydrogens is 262 g/mol. The third kappa shape index (κ3) is 3.09. The highest BCUT2D eigenvalue weighted by atomic mass is 15.2. The van der Waals surface area contributed by atoms with Crippen molar-refractivity contribution in [3.63, 3.8) is 0 Å². The molecule has 0 aromatic carbocycles. The molecule has 1 aliphatic rings. The van der Waals surface area contributed by atoms with E-state index in [9.17, 15) is 0 Å². The summed E-state index contributed by atoms with van der Waals surface area (Å²) < 4.78 is 2.11. The number of nitrogens with zero attached hydrogens (tertiary/aromatic N) is 4. The van der Waals surface area contributed by atoms with Gasteiger partial charge in [-0.2, -0.15) is 0 Å². The summed E-state index contributed by atoms with van der Waals surface area (Å²) in [6.07, 6.45) is 5.59. The van der Waals surface area contributed by atoms with E-state index in [1.165, 1.54) is 25.9 Å². The van der Waals surface area contributed by atoms with Crippen LogP contribution in [0.25, 0.3) is 5.65 Å². The Balaban J connectivity index is 1.68. The van der Waals surface area contributed by atoms with Gasteiger partial charge in [-0.05, 0) is 63.4 Å². The van der Waals surface area contributed by atoms with E-state index in [4.69, 9.17) is 5.73 Å². The highest BCUT2D eigenvalue weighted by molar-refractivity contribution is 5.41. The Hall–Kier alpha value is -1.46. The molecular formula is C16H25N5. The molecule has 0 atom stereocenters. The van der Waals surface area contributed by atoms with E-state index in [1.807, 2.05) is 6.07 Å². The SMILES string of the molecule is CC(C)N1CCC(Cc2nnc3cc(CN)ccn23)CC1. The molecule has 5 nitrogen and oxygen atoms in total. The van der Waals surface area contributed by atoms with E-state index in [1.54, 1.807) is 0 Å². The van der Waals surface area contributed by atoms with Gasteiger partial charge in [0.1, 0.15) is 5.82 Å². The minimum Gasteiger partial charge on any atom is -0.326 e. The second-order valence-corrected chi connectivity index (χ2v) is 6.36. The second-order valence-electron chi connectivity index (χ2n) is 6.36. The molecule has 5 heteroatoms. The Morgan fingerprint density at radius 2 is 2.05 bits per heavy atom. The summed E-state index contributed by atoms with van der Waals surface area (Å²) in [5, 5.41) is 8.66. The van der Waals surface area contributed by atoms with Gasteiger partial charge in [-0.15, -0.1) is 10.2 Å². The van der Waals surface area contributed by atoms with Crippen molar-refractivity contribution in [2.45, 2.75) is 45.7 Å². The van der Waals surface area contributed by atoms with Crippen molar-refractivity contribution in [2.75, 3.05) is 13.1 Å². The first-order valence-corrected chi connectivity index (χ1v) is 7.94. The molecule has 0 spiro atoms. The number of pyridine rings is 1. The van der Waals surface area contributed by atoms with Crippen LogP contribution in [0.2, 0.25) is 0 Å². The number of nitrogens with two attached hydrogens (primary N) is 1. The largest absolute Gasteiger partial charge is 0.326 e. The lowest BCUT2D eigenvalue weighted by Gasteiger charge is -2.34. The van der Waals surface area contributed by atoms with Gasteiger partial charge in [0.05, 0.1) is 0 Å². The predicted octanol–water partition coefficient (Wildman–Crippen LogP) is 1.85. The van der Waals surface area contributed by atoms with Crippen LogP contribution in [0.15, 0.2) is 18.3 Å². The monoisotopic (exact) mass is 287 g/mol. The number of hydrogen-bond acceptors (Lipinski definition) is 4. The molecule has 0 unspecified atom stereocenters. The molecule has 2 aromatic rings. The topological polar surface area (TPSA) is 59.5 Å². The number of piperidine rings is 1. The molecule has 0 aliphatic carbocycles. The van der Waals surface area contributed by atoms with Gasteiger partial charge in [0.25, 0.3) is 0 Å². The van der Waals surface area contributed by atoms with Gasteiger partial charge in [-0.25, -0.2) is 0 Å². The first-order valence-electron chi connectivity index (χ1n) is 7.94. The van der Waals surface area contributed by atoms with E-state index in [-0.39, 0.29) is 0 Å². The summed E-state index contributed by atoms with van der Waals surface area (Å²) in [7, 11) is 0. The van der Waals surface area contributed by atoms with Gasteiger partial charge in [0.2, 0.25) is 0 Å². The average molecular weight is 287 g/mol. The molecule has 1 aliphatic heterocycles. The first-order chi connectivity index (χ1) is 10.2. The van der Waals surface area contributed by atoms with E-state index in [0.29, 0.717) is 12.6 Å². The van der Waals surface area contributed by atoms with E-state index >= 15 is 0 Å². The fraction of sp³-hybridized carbons (Fsp3) is 0.625. The minimum absolute atomic E-state index is 0.548. The van der Waals surface area contributed by atoms with Crippen molar-refractivity contribution >= 4 is 5.65 Å². The molecule has 114 valence electrons. The van der Waals surface area contributed by atoms with Crippen LogP contribution in [0.3, 0.4) is 0 Å². The van der Waals surface area contributed by atoms with Crippen LogP contribution in [-0.4, -0.2) is 38.6 Å². The lowest BCUT2D eigenvalue weighted by atomic mass is 9.92. The highest BCUT2D eigenvalue weighted by Crippen LogP contribution is 2.22. The Bertz CT molecular complexity index is 596. The van der Waals surface area contributed by atoms with Gasteiger partial charge < -0.3 is 10.6 Å². The molecule has 0 bridgehead atoms. The number of rotatable bonds is 4. The normalized spacial score (nSPS) is 17.9. The number of fused-ring (bicyclic) bond motifs is 1. The van der Waals surface area contributed by atoms with Crippen LogP contribution >= 0.6 is 0 Å². The Morgan fingerprint density at radius 1 is 1.29 bits per heavy atom. The summed E-state index contributed by atoms with van der Waals surface area (Å²) in [5.74, 6) is 1.80. The van der Waals surface area contributed by atoms with Crippen LogP contribution in [-0.2, 0) is 13.0 Å². The summed E-state index contributed by atoms with van der Waals surface area (Å²) >= 11 is 0. The van der Waals surface area contributed by atoms with Crippen LogP contribution in [0.5, 0.6) is 0 Å². The smallest absolute Gasteiger partial charge is 0.161 e. The fourth-order valence-electron chi connectivity index (χ4n) is 3.18. The quantitative estimate of drug-likeness (QED) is 0.932. The second kappa shape index (κ2) is 6.12. The summed E-state index contributed by atoms with van der Waals surface area (Å²) in [4.78, 5) is 2.56. The first kappa shape index (κ1) is 14.5. The Labute approximate surface area is 126 Å². The third-order valence-electron chi connectivity index (χ3n) is 4.63. The van der Waals surface area contributed by atoms with Crippen molar-refractivity contribution in [1.82, 2.24) is 19.5 Å². The van der Waals surface area contributed by atoms with E-state index in [0.717, 1.165) is 29.4 Å². The number of aromatic nitrogens is 3. The zero-order valence-corrected chi connectivity index (χ0v) is 13.0. The highest BCUT2D eigenvalue weighted by Gasteiger charge is 2.22. The molecule has 0 saturated carbocycles. The van der Waals surface area contributed by atoms with Gasteiger partial charge in [-0.1, -0.05) is 0 Å². The fourth-order valence-corrected chi connectivity index (χ4v) is 3.18. The molecule has 2 aromatic heterocycles. The van der Waals surface area contributed by atoms with Gasteiger partial charge in [0.15, 0.2) is 5.65 Å². The van der Waals surface area contributed by atoms with Crippen LogP contribution in [0.4, 0.5) is 0 Å². The maximum atomic E-state index is 5.67. The van der Waals surface area contributed by atoms with Crippen molar-refractivity contribution < 1.29 is 0 Å². The summed E-state index contributed by atoms with van der Waals surface area (Å²) in [6.45, 7) is 7.52. The van der Waals surface area contributed by atoms with Crippen molar-refractivity contribution in [1.29, 1.82) is 0 Å². The van der Waals surface area contributed by atoms with Crippen molar-refractivity contribution in [3.8, 4) is 0 Å². The van der Waals surface area contributed by atoms with E-state index < -0.39 is 0 Å². The summed E-state index contributed by atoms with van der Waals surface area (Å²) in [6, 6.07) is 4.74. The molecule has 3 heterocycles. The van der Waals surface area contributed by atoms with Gasteiger partial charge >= 0.3 is 0 Å². The molecule has 0 amide bonds. The van der Waals surface area contributed by atoms with Crippen LogP contribution in [0.1, 0.15) is 38.1 Å². The standard InChI is InChI=1S/C16H25N5/c1-12(2)20-6-3-13(4-7-20)9-15-18-19-16-10-14(11-17)5-8-21(15)16/h5,8,10,12-13H,3-4,6-7,9,11,17H2,1-2H3. The lowest BCUT2D eigenvalue weighted by Crippen LogP contribution is -2.38. The van der Waals surface area contributed by atoms with Gasteiger partial charge in [0, 0.05) is 25.2 Å². The van der Waals surface area contributed by atoms with Crippen molar-refractivity contribution in [3.05, 3.63) is 29.7 Å². The average Bonchev–Trinajstić information content (AvgIpc) is 2.90. The van der Waals surface area contributed by atoms with Crippen molar-refractivity contribution in [2.24, 2.45) is 11.7 Å². The number of likely N-dealkylation sites (tertiary alicyclic amines) is 1. The molecule has 3 rings (SSSR count). The Morgan fingerprint density at radius 3 is 2.71 bits per heavy atom. The minimum atomic E-state index is 0.548. The van der Waals surface area contributed by atoms with Crippen LogP contribution < -0.4 is 5.73 Å². The third-order valence-corrected chi connectivity index (χ3v) is 4.63. The molecule has 1 fully saturated rings. The summed E-state index contributed by atoms with van der Waals surface area (Å²) in [5.41, 5.74) is 7.69. The molecule has 1 saturated heterocycles. The van der Waals surface area contributed by atoms with E-state index in [2.05, 4.69) is 45.6 Å². The maximum absolute atomic E-state index is 5.67. The van der Waals surface area contributed by atoms with Crippen LogP contribution in [0, 0.1) is 5.92 Å². The Kier molecular flexibility index (Phi) is 4.22. The molecule has 2 N–H and O–H groups in total. The van der Waals surface area contributed by atoms with Gasteiger partial charge in [-0.3, -0.25) is 4.40 Å². The lowest BCUT2D eigenvalue weighted by molar-refractivity contribution is 0.148. The predicted molar refractivity (Wildman–Crippen MR) is 84.0 cm³/mol. The molecule has 21 heavy (non-hydrogen) atoms. The molecule has 0 radical (unpaired) electrons. The number of hydrogen-bond donors (Lipinski definition) is 1. The zero-order chi connectivity index (χ0) is 14.8. The maximum Gasteiger partial charge on any atom is 0.161 e.